The van der Waals surface area contributed by atoms with Crippen LogP contribution in [0.25, 0.3) is 6.08 Å². The zero-order valence-electron chi connectivity index (χ0n) is 10.3. The van der Waals surface area contributed by atoms with E-state index in [2.05, 4.69) is 20.5 Å². The molecule has 92 valence electrons. The second-order valence-electron chi connectivity index (χ2n) is 3.92. The molecule has 18 heavy (non-hydrogen) atoms. The first-order valence-corrected chi connectivity index (χ1v) is 5.57. The van der Waals surface area contributed by atoms with Crippen LogP contribution in [-0.4, -0.2) is 21.1 Å². The van der Waals surface area contributed by atoms with Crippen LogP contribution in [-0.2, 0) is 4.79 Å². The van der Waals surface area contributed by atoms with Gasteiger partial charge >= 0.3 is 0 Å². The van der Waals surface area contributed by atoms with Crippen molar-refractivity contribution in [3.05, 3.63) is 47.6 Å². The molecule has 0 aromatic carbocycles. The third kappa shape index (κ3) is 2.82. The van der Waals surface area contributed by atoms with E-state index in [-0.39, 0.29) is 5.91 Å². The Morgan fingerprint density at radius 2 is 2.28 bits per heavy atom. The van der Waals surface area contributed by atoms with E-state index in [1.165, 1.54) is 6.08 Å². The third-order valence-electron chi connectivity index (χ3n) is 2.49. The predicted molar refractivity (Wildman–Crippen MR) is 70.0 cm³/mol. The number of hydrogen-bond acceptors (Lipinski definition) is 3. The van der Waals surface area contributed by atoms with Crippen LogP contribution in [0, 0.1) is 13.8 Å². The Labute approximate surface area is 105 Å². The molecule has 0 aliphatic carbocycles. The highest BCUT2D eigenvalue weighted by atomic mass is 16.1. The van der Waals surface area contributed by atoms with Crippen molar-refractivity contribution < 1.29 is 4.79 Å². The van der Waals surface area contributed by atoms with E-state index < -0.39 is 0 Å². The van der Waals surface area contributed by atoms with Crippen LogP contribution in [0.15, 0.2) is 30.6 Å². The van der Waals surface area contributed by atoms with Crippen LogP contribution < -0.4 is 5.32 Å². The second-order valence-corrected chi connectivity index (χ2v) is 3.92. The lowest BCUT2D eigenvalue weighted by atomic mass is 10.2. The van der Waals surface area contributed by atoms with E-state index in [0.717, 1.165) is 22.6 Å². The fourth-order valence-electron chi connectivity index (χ4n) is 1.55. The van der Waals surface area contributed by atoms with Gasteiger partial charge in [-0.3, -0.25) is 14.9 Å². The number of carbonyl (C=O) groups is 1. The van der Waals surface area contributed by atoms with Gasteiger partial charge in [0.1, 0.15) is 0 Å². The molecule has 1 amide bonds. The number of hydrogen-bond donors (Lipinski definition) is 2. The van der Waals surface area contributed by atoms with Gasteiger partial charge < -0.3 is 5.32 Å². The van der Waals surface area contributed by atoms with E-state index in [1.54, 1.807) is 18.5 Å². The molecule has 0 fully saturated rings. The van der Waals surface area contributed by atoms with E-state index in [1.807, 2.05) is 26.0 Å². The molecule has 2 N–H and O–H groups in total. The smallest absolute Gasteiger partial charge is 0.248 e. The van der Waals surface area contributed by atoms with Crippen LogP contribution in [0.3, 0.4) is 0 Å². The van der Waals surface area contributed by atoms with Gasteiger partial charge in [0.2, 0.25) is 5.91 Å². The van der Waals surface area contributed by atoms with E-state index in [9.17, 15) is 4.79 Å². The highest BCUT2D eigenvalue weighted by Crippen LogP contribution is 2.15. The van der Waals surface area contributed by atoms with Gasteiger partial charge in [-0.25, -0.2) is 0 Å². The first-order chi connectivity index (χ1) is 8.66. The summed E-state index contributed by atoms with van der Waals surface area (Å²) in [4.78, 5) is 15.7. The van der Waals surface area contributed by atoms with Gasteiger partial charge in [0.25, 0.3) is 0 Å². The lowest BCUT2D eigenvalue weighted by Crippen LogP contribution is -2.09. The van der Waals surface area contributed by atoms with Gasteiger partial charge in [0.15, 0.2) is 0 Å². The lowest BCUT2D eigenvalue weighted by Gasteiger charge is -2.01. The normalized spacial score (nSPS) is 10.8. The van der Waals surface area contributed by atoms with E-state index >= 15 is 0 Å². The van der Waals surface area contributed by atoms with Gasteiger partial charge in [-0.05, 0) is 31.6 Å². The maximum atomic E-state index is 11.7. The minimum atomic E-state index is -0.188. The van der Waals surface area contributed by atoms with Crippen molar-refractivity contribution in [2.24, 2.45) is 0 Å². The molecular weight excluding hydrogens is 228 g/mol. The number of rotatable bonds is 3. The Morgan fingerprint density at radius 1 is 1.44 bits per heavy atom. The number of aromatic amines is 1. The highest BCUT2D eigenvalue weighted by Gasteiger charge is 2.07. The maximum absolute atomic E-state index is 11.7. The third-order valence-corrected chi connectivity index (χ3v) is 2.49. The number of aromatic nitrogens is 3. The molecule has 5 heteroatoms. The van der Waals surface area contributed by atoms with Crippen LogP contribution >= 0.6 is 0 Å². The fourth-order valence-corrected chi connectivity index (χ4v) is 1.55. The van der Waals surface area contributed by atoms with Crippen molar-refractivity contribution >= 4 is 17.7 Å². The summed E-state index contributed by atoms with van der Waals surface area (Å²) in [7, 11) is 0. The Kier molecular flexibility index (Phi) is 3.52. The second kappa shape index (κ2) is 5.27. The fraction of sp³-hybridized carbons (Fsp3) is 0.154. The quantitative estimate of drug-likeness (QED) is 0.809. The average Bonchev–Trinajstić information content (AvgIpc) is 2.69. The van der Waals surface area contributed by atoms with Crippen molar-refractivity contribution in [1.29, 1.82) is 0 Å². The molecule has 0 atom stereocenters. The molecule has 2 rings (SSSR count). The number of anilines is 1. The summed E-state index contributed by atoms with van der Waals surface area (Å²) in [5.41, 5.74) is 3.23. The van der Waals surface area contributed by atoms with Gasteiger partial charge in [0, 0.05) is 18.5 Å². The minimum Gasteiger partial charge on any atom is -0.319 e. The summed E-state index contributed by atoms with van der Waals surface area (Å²) >= 11 is 0. The van der Waals surface area contributed by atoms with Crippen LogP contribution in [0.1, 0.15) is 17.0 Å². The molecule has 0 bridgehead atoms. The van der Waals surface area contributed by atoms with Gasteiger partial charge in [-0.15, -0.1) is 0 Å². The molecule has 0 spiro atoms. The number of pyridine rings is 1. The number of aryl methyl sites for hydroxylation is 2. The molecule has 0 aliphatic rings. The summed E-state index contributed by atoms with van der Waals surface area (Å²) in [6.45, 7) is 3.70. The molecule has 0 saturated carbocycles. The molecule has 2 aromatic heterocycles. The van der Waals surface area contributed by atoms with Crippen LogP contribution in [0.2, 0.25) is 0 Å². The number of amides is 1. The Hall–Kier alpha value is -2.43. The molecular formula is C13H14N4O. The van der Waals surface area contributed by atoms with Gasteiger partial charge in [0.05, 0.1) is 17.1 Å². The highest BCUT2D eigenvalue weighted by molar-refractivity contribution is 6.02. The maximum Gasteiger partial charge on any atom is 0.248 e. The predicted octanol–water partition coefficient (Wildman–Crippen LogP) is 2.07. The first kappa shape index (κ1) is 12.0. The average molecular weight is 242 g/mol. The van der Waals surface area contributed by atoms with Crippen molar-refractivity contribution in [3.8, 4) is 0 Å². The van der Waals surface area contributed by atoms with Gasteiger partial charge in [-0.2, -0.15) is 5.10 Å². The van der Waals surface area contributed by atoms with Crippen molar-refractivity contribution in [1.82, 2.24) is 15.2 Å². The summed E-state index contributed by atoms with van der Waals surface area (Å²) in [5, 5.41) is 9.62. The summed E-state index contributed by atoms with van der Waals surface area (Å²) in [6, 6.07) is 3.70. The van der Waals surface area contributed by atoms with Gasteiger partial charge in [-0.1, -0.05) is 6.07 Å². The molecule has 0 radical (unpaired) electrons. The Balaban J connectivity index is 2.04. The first-order valence-electron chi connectivity index (χ1n) is 5.57. The lowest BCUT2D eigenvalue weighted by molar-refractivity contribution is -0.111. The zero-order chi connectivity index (χ0) is 13.0. The zero-order valence-corrected chi connectivity index (χ0v) is 10.3. The number of carbonyl (C=O) groups excluding carboxylic acids is 1. The summed E-state index contributed by atoms with van der Waals surface area (Å²) in [5.74, 6) is -0.188. The number of nitrogens with one attached hydrogen (secondary N) is 2. The molecule has 2 aromatic rings. The molecule has 0 unspecified atom stereocenters. The standard InChI is InChI=1S/C13H14N4O/c1-9-13(10(2)17-16-9)15-12(18)6-5-11-4-3-7-14-8-11/h3-8H,1-2H3,(H,15,18)(H,16,17)/b6-5+. The molecule has 0 aliphatic heterocycles. The number of H-pyrrole nitrogens is 1. The summed E-state index contributed by atoms with van der Waals surface area (Å²) in [6.07, 6.45) is 6.57. The van der Waals surface area contributed by atoms with Crippen molar-refractivity contribution in [2.45, 2.75) is 13.8 Å². The van der Waals surface area contributed by atoms with E-state index in [0.29, 0.717) is 0 Å². The van der Waals surface area contributed by atoms with Crippen molar-refractivity contribution in [2.75, 3.05) is 5.32 Å². The van der Waals surface area contributed by atoms with Crippen LogP contribution in [0.5, 0.6) is 0 Å². The monoisotopic (exact) mass is 242 g/mol. The van der Waals surface area contributed by atoms with Crippen molar-refractivity contribution in [3.63, 3.8) is 0 Å². The minimum absolute atomic E-state index is 0.188. The topological polar surface area (TPSA) is 70.7 Å². The molecule has 2 heterocycles. The van der Waals surface area contributed by atoms with Crippen LogP contribution in [0.4, 0.5) is 5.69 Å². The molecule has 0 saturated heterocycles. The summed E-state index contributed by atoms with van der Waals surface area (Å²) < 4.78 is 0. The Morgan fingerprint density at radius 3 is 2.89 bits per heavy atom. The van der Waals surface area contributed by atoms with E-state index in [4.69, 9.17) is 0 Å². The molecule has 5 nitrogen and oxygen atoms in total. The largest absolute Gasteiger partial charge is 0.319 e. The number of nitrogens with zero attached hydrogens (tertiary/aromatic N) is 2. The Bertz CT molecular complexity index is 552. The SMILES string of the molecule is Cc1n[nH]c(C)c1NC(=O)/C=C/c1cccnc1.